The van der Waals surface area contributed by atoms with Crippen molar-refractivity contribution in [3.05, 3.63) is 52.1 Å². The number of amides is 1. The molecule has 3 rings (SSSR count). The summed E-state index contributed by atoms with van der Waals surface area (Å²) in [6.45, 7) is 0.228. The summed E-state index contributed by atoms with van der Waals surface area (Å²) in [5.41, 5.74) is 6.47. The monoisotopic (exact) mass is 567 g/mol. The minimum absolute atomic E-state index is 0.0533. The van der Waals surface area contributed by atoms with Gasteiger partial charge in [-0.2, -0.15) is 4.98 Å². The Morgan fingerprint density at radius 1 is 1.12 bits per heavy atom. The van der Waals surface area contributed by atoms with Gasteiger partial charge in [-0.15, -0.1) is 0 Å². The molecule has 1 aromatic carbocycles. The van der Waals surface area contributed by atoms with Crippen LogP contribution in [0.1, 0.15) is 22.5 Å². The molecule has 2 atom stereocenters. The molecule has 0 bridgehead atoms. The molecule has 0 radical (unpaired) electrons. The first-order valence-electron chi connectivity index (χ1n) is 9.40. The molecule has 33 heavy (non-hydrogen) atoms. The highest BCUT2D eigenvalue weighted by Gasteiger charge is 2.26. The zero-order chi connectivity index (χ0) is 24.1. The van der Waals surface area contributed by atoms with E-state index in [0.717, 1.165) is 0 Å². The normalized spacial score (nSPS) is 12.6. The number of carbonyl (C=O) groups excluding carboxylic acids is 1. The van der Waals surface area contributed by atoms with E-state index in [1.807, 2.05) is 0 Å². The zero-order valence-corrected chi connectivity index (χ0v) is 18.9. The standard InChI is InChI=1S/C19H18IN7O6/c20-11(17(30)31)5-12(18(32)33)25-15(28)8-1-3-9(4-2-8)22-6-10-7-23-14-13(24-10)16(29)27-19(21)26-14/h1-4,7,11-12,22H,5-6H2,(H,25,28)(H,30,31)(H,32,33)(H3,21,23,26,27,29)/t11?,12-/m0/s1. The second-order valence-corrected chi connectivity index (χ2v) is 8.32. The summed E-state index contributed by atoms with van der Waals surface area (Å²) in [6.07, 6.45) is 1.20. The predicted molar refractivity (Wildman–Crippen MR) is 125 cm³/mol. The number of fused-ring (bicyclic) bond motifs is 1. The van der Waals surface area contributed by atoms with Crippen molar-refractivity contribution in [2.24, 2.45) is 0 Å². The first-order chi connectivity index (χ1) is 15.6. The molecule has 1 unspecified atom stereocenters. The van der Waals surface area contributed by atoms with Gasteiger partial charge < -0.3 is 26.6 Å². The van der Waals surface area contributed by atoms with Gasteiger partial charge in [0.05, 0.1) is 18.4 Å². The van der Waals surface area contributed by atoms with Gasteiger partial charge in [-0.25, -0.2) is 14.8 Å². The molecule has 7 N–H and O–H groups in total. The number of nitrogens with zero attached hydrogens (tertiary/aromatic N) is 3. The minimum Gasteiger partial charge on any atom is -0.480 e. The number of aromatic nitrogens is 4. The summed E-state index contributed by atoms with van der Waals surface area (Å²) in [7, 11) is 0. The summed E-state index contributed by atoms with van der Waals surface area (Å²) in [5, 5.41) is 23.6. The predicted octanol–water partition coefficient (Wildman–Crippen LogP) is 0.369. The molecule has 0 saturated heterocycles. The van der Waals surface area contributed by atoms with Gasteiger partial charge in [0.15, 0.2) is 11.2 Å². The molecule has 172 valence electrons. The fraction of sp³-hybridized carbons (Fsp3) is 0.211. The Kier molecular flexibility index (Phi) is 7.37. The molecule has 0 aliphatic carbocycles. The SMILES string of the molecule is Nc1nc2ncc(CNc3ccc(C(=O)N[C@@H](CC(I)C(=O)O)C(=O)O)cc3)nc2c(=O)[nH]1. The lowest BCUT2D eigenvalue weighted by Gasteiger charge is -2.16. The molecular formula is C19H18IN7O6. The van der Waals surface area contributed by atoms with Crippen LogP contribution < -0.4 is 21.9 Å². The Hall–Kier alpha value is -3.82. The number of nitrogens with two attached hydrogens (primary N) is 1. The number of benzene rings is 1. The van der Waals surface area contributed by atoms with Crippen molar-refractivity contribution in [1.29, 1.82) is 0 Å². The Morgan fingerprint density at radius 2 is 1.82 bits per heavy atom. The number of aliphatic carboxylic acids is 2. The molecular weight excluding hydrogens is 549 g/mol. The third kappa shape index (κ3) is 6.12. The minimum atomic E-state index is -1.34. The number of hydrogen-bond donors (Lipinski definition) is 6. The lowest BCUT2D eigenvalue weighted by Crippen LogP contribution is -2.43. The summed E-state index contributed by atoms with van der Waals surface area (Å²) >= 11 is 1.61. The summed E-state index contributed by atoms with van der Waals surface area (Å²) in [4.78, 5) is 61.2. The number of H-pyrrole nitrogens is 1. The average Bonchev–Trinajstić information content (AvgIpc) is 2.77. The number of carboxylic acid groups (broad SMARTS) is 2. The number of carboxylic acids is 2. The van der Waals surface area contributed by atoms with Crippen molar-refractivity contribution < 1.29 is 24.6 Å². The molecule has 0 fully saturated rings. The molecule has 2 heterocycles. The Morgan fingerprint density at radius 3 is 2.45 bits per heavy atom. The van der Waals surface area contributed by atoms with Gasteiger partial charge in [0.1, 0.15) is 9.97 Å². The van der Waals surface area contributed by atoms with Crippen molar-refractivity contribution in [1.82, 2.24) is 25.3 Å². The van der Waals surface area contributed by atoms with Gasteiger partial charge in [-0.05, 0) is 24.3 Å². The van der Waals surface area contributed by atoms with Crippen molar-refractivity contribution >= 4 is 63.2 Å². The topological polar surface area (TPSA) is 213 Å². The molecule has 0 saturated carbocycles. The van der Waals surface area contributed by atoms with Crippen LogP contribution in [0, 0.1) is 0 Å². The third-order valence-corrected chi connectivity index (χ3v) is 5.46. The second-order valence-electron chi connectivity index (χ2n) is 6.82. The lowest BCUT2D eigenvalue weighted by molar-refractivity contribution is -0.140. The van der Waals surface area contributed by atoms with Crippen LogP contribution in [-0.2, 0) is 16.1 Å². The van der Waals surface area contributed by atoms with E-state index in [1.54, 1.807) is 34.7 Å². The summed E-state index contributed by atoms with van der Waals surface area (Å²) in [6, 6.07) is 4.84. The van der Waals surface area contributed by atoms with Crippen molar-refractivity contribution in [2.75, 3.05) is 11.1 Å². The highest BCUT2D eigenvalue weighted by molar-refractivity contribution is 14.1. The number of rotatable bonds is 9. The highest BCUT2D eigenvalue weighted by atomic mass is 127. The average molecular weight is 567 g/mol. The van der Waals surface area contributed by atoms with Crippen LogP contribution in [0.3, 0.4) is 0 Å². The van der Waals surface area contributed by atoms with E-state index in [-0.39, 0.29) is 35.6 Å². The largest absolute Gasteiger partial charge is 0.480 e. The van der Waals surface area contributed by atoms with Crippen molar-refractivity contribution in [3.8, 4) is 0 Å². The smallest absolute Gasteiger partial charge is 0.326 e. The Bertz CT molecular complexity index is 1260. The van der Waals surface area contributed by atoms with Crippen LogP contribution >= 0.6 is 22.6 Å². The number of alkyl halides is 1. The van der Waals surface area contributed by atoms with E-state index in [9.17, 15) is 24.3 Å². The molecule has 0 aliphatic rings. The molecule has 2 aromatic heterocycles. The Balaban J connectivity index is 1.63. The van der Waals surface area contributed by atoms with Crippen LogP contribution in [0.25, 0.3) is 11.2 Å². The van der Waals surface area contributed by atoms with Gasteiger partial charge in [0.2, 0.25) is 5.95 Å². The van der Waals surface area contributed by atoms with E-state index in [1.165, 1.54) is 18.3 Å². The van der Waals surface area contributed by atoms with Gasteiger partial charge in [-0.1, -0.05) is 22.6 Å². The summed E-state index contributed by atoms with van der Waals surface area (Å²) < 4.78 is -0.961. The van der Waals surface area contributed by atoms with Gasteiger partial charge in [-0.3, -0.25) is 19.4 Å². The second kappa shape index (κ2) is 10.2. The molecule has 1 amide bonds. The van der Waals surface area contributed by atoms with Crippen LogP contribution in [-0.4, -0.2) is 58.0 Å². The maximum absolute atomic E-state index is 12.4. The number of aromatic amines is 1. The number of nitrogens with one attached hydrogen (secondary N) is 3. The third-order valence-electron chi connectivity index (χ3n) is 4.42. The van der Waals surface area contributed by atoms with Gasteiger partial charge in [0, 0.05) is 17.7 Å². The van der Waals surface area contributed by atoms with Crippen LogP contribution in [0.15, 0.2) is 35.3 Å². The van der Waals surface area contributed by atoms with Crippen LogP contribution in [0.4, 0.5) is 11.6 Å². The van der Waals surface area contributed by atoms with E-state index >= 15 is 0 Å². The number of nitrogen functional groups attached to an aromatic ring is 1. The highest BCUT2D eigenvalue weighted by Crippen LogP contribution is 2.14. The number of carbonyl (C=O) groups is 3. The first-order valence-corrected chi connectivity index (χ1v) is 10.6. The van der Waals surface area contributed by atoms with E-state index in [4.69, 9.17) is 10.8 Å². The molecule has 0 aliphatic heterocycles. The maximum Gasteiger partial charge on any atom is 0.326 e. The number of hydrogen-bond acceptors (Lipinski definition) is 9. The molecule has 13 nitrogen and oxygen atoms in total. The Labute approximate surface area is 199 Å². The fourth-order valence-electron chi connectivity index (χ4n) is 2.76. The number of halogens is 1. The molecule has 14 heteroatoms. The van der Waals surface area contributed by atoms with Gasteiger partial charge in [0.25, 0.3) is 11.5 Å². The first kappa shape index (κ1) is 23.8. The van der Waals surface area contributed by atoms with E-state index in [2.05, 4.69) is 30.6 Å². The van der Waals surface area contributed by atoms with Crippen LogP contribution in [0.2, 0.25) is 0 Å². The quantitative estimate of drug-likeness (QED) is 0.153. The van der Waals surface area contributed by atoms with Crippen molar-refractivity contribution in [3.63, 3.8) is 0 Å². The van der Waals surface area contributed by atoms with Crippen molar-refractivity contribution in [2.45, 2.75) is 22.9 Å². The fourth-order valence-corrected chi connectivity index (χ4v) is 3.27. The maximum atomic E-state index is 12.4. The van der Waals surface area contributed by atoms with E-state index < -0.39 is 33.4 Å². The van der Waals surface area contributed by atoms with E-state index in [0.29, 0.717) is 11.4 Å². The molecule has 3 aromatic rings. The van der Waals surface area contributed by atoms with Gasteiger partial charge >= 0.3 is 11.9 Å². The summed E-state index contributed by atoms with van der Waals surface area (Å²) in [5.74, 6) is -3.18. The lowest BCUT2D eigenvalue weighted by atomic mass is 10.1. The molecule has 0 spiro atoms. The zero-order valence-electron chi connectivity index (χ0n) is 16.8. The number of anilines is 2. The van der Waals surface area contributed by atoms with Crippen LogP contribution in [0.5, 0.6) is 0 Å².